The molecule has 0 radical (unpaired) electrons. The van der Waals surface area contributed by atoms with Gasteiger partial charge in [0.05, 0.1) is 10.7 Å². The highest BCUT2D eigenvalue weighted by Crippen LogP contribution is 2.33. The number of halogens is 1. The van der Waals surface area contributed by atoms with Crippen LogP contribution < -0.4 is 5.32 Å². The van der Waals surface area contributed by atoms with E-state index < -0.39 is 0 Å². The molecule has 6 heteroatoms. The van der Waals surface area contributed by atoms with Crippen LogP contribution in [0.2, 0.25) is 5.02 Å². The third-order valence-corrected chi connectivity index (χ3v) is 4.53. The Morgan fingerprint density at radius 1 is 1.25 bits per heavy atom. The van der Waals surface area contributed by atoms with Crippen LogP contribution in [0.3, 0.4) is 0 Å². The van der Waals surface area contributed by atoms with E-state index in [1.807, 2.05) is 53.9 Å². The number of carbonyl (C=O) groups is 1. The van der Waals surface area contributed by atoms with Gasteiger partial charge in [0.2, 0.25) is 5.91 Å². The number of anilines is 1. The Kier molecular flexibility index (Phi) is 5.25. The second-order valence-corrected chi connectivity index (χ2v) is 6.35. The van der Waals surface area contributed by atoms with Crippen LogP contribution >= 0.6 is 22.9 Å². The molecule has 0 atom stereocenters. The number of amides is 1. The molecule has 1 heterocycles. The smallest absolute Gasteiger partial charge is 0.250 e. The zero-order valence-electron chi connectivity index (χ0n) is 13.0. The van der Waals surface area contributed by atoms with Gasteiger partial charge in [-0.15, -0.1) is 11.3 Å². The van der Waals surface area contributed by atoms with Gasteiger partial charge in [-0.25, -0.2) is 4.98 Å². The van der Waals surface area contributed by atoms with Crippen LogP contribution in [0.25, 0.3) is 21.8 Å². The van der Waals surface area contributed by atoms with E-state index in [2.05, 4.69) is 10.3 Å². The number of rotatable bonds is 5. The average Bonchev–Trinajstić information content (AvgIpc) is 3.05. The number of hydrogen-bond acceptors (Lipinski definition) is 4. The number of methoxy groups -OCH3 is 1. The first kappa shape index (κ1) is 16.6. The summed E-state index contributed by atoms with van der Waals surface area (Å²) in [6, 6.07) is 15.2. The standard InChI is InChI=1S/C18H15ClN2O2S/c1-23-10-17(22)20-13-6-4-5-12(9-13)16-11-24-18(21-16)14-7-2-3-8-15(14)19/h2-9,11H,10H2,1H3,(H,20,22). The molecule has 0 aliphatic carbocycles. The molecular weight excluding hydrogens is 344 g/mol. The van der Waals surface area contributed by atoms with E-state index in [1.54, 1.807) is 0 Å². The van der Waals surface area contributed by atoms with Crippen molar-refractivity contribution in [3.05, 3.63) is 58.9 Å². The van der Waals surface area contributed by atoms with Crippen LogP contribution in [0, 0.1) is 0 Å². The van der Waals surface area contributed by atoms with Crippen molar-refractivity contribution < 1.29 is 9.53 Å². The fraction of sp³-hybridized carbons (Fsp3) is 0.111. The number of ether oxygens (including phenoxy) is 1. The van der Waals surface area contributed by atoms with Crippen molar-refractivity contribution >= 4 is 34.5 Å². The van der Waals surface area contributed by atoms with Crippen molar-refractivity contribution in [3.63, 3.8) is 0 Å². The van der Waals surface area contributed by atoms with Crippen LogP contribution in [-0.2, 0) is 9.53 Å². The maximum absolute atomic E-state index is 11.6. The minimum Gasteiger partial charge on any atom is -0.375 e. The fourth-order valence-corrected chi connectivity index (χ4v) is 3.40. The van der Waals surface area contributed by atoms with Gasteiger partial charge in [0, 0.05) is 29.3 Å². The molecule has 0 saturated carbocycles. The van der Waals surface area contributed by atoms with Crippen LogP contribution in [0.4, 0.5) is 5.69 Å². The summed E-state index contributed by atoms with van der Waals surface area (Å²) < 4.78 is 4.82. The van der Waals surface area contributed by atoms with E-state index >= 15 is 0 Å². The number of thiazole rings is 1. The lowest BCUT2D eigenvalue weighted by Crippen LogP contribution is -2.16. The molecule has 1 aromatic heterocycles. The van der Waals surface area contributed by atoms with Crippen molar-refractivity contribution in [3.8, 4) is 21.8 Å². The van der Waals surface area contributed by atoms with Gasteiger partial charge in [0.1, 0.15) is 11.6 Å². The molecule has 0 fully saturated rings. The van der Waals surface area contributed by atoms with E-state index in [1.165, 1.54) is 18.4 Å². The molecule has 4 nitrogen and oxygen atoms in total. The third kappa shape index (κ3) is 3.82. The Hall–Kier alpha value is -2.21. The minimum absolute atomic E-state index is 0.0254. The van der Waals surface area contributed by atoms with Crippen molar-refractivity contribution in [2.45, 2.75) is 0 Å². The Bertz CT molecular complexity index is 863. The first-order valence-corrected chi connectivity index (χ1v) is 8.53. The summed E-state index contributed by atoms with van der Waals surface area (Å²) in [5.41, 5.74) is 3.40. The maximum atomic E-state index is 11.6. The number of benzene rings is 2. The molecule has 0 unspecified atom stereocenters. The van der Waals surface area contributed by atoms with Gasteiger partial charge in [-0.3, -0.25) is 4.79 Å². The maximum Gasteiger partial charge on any atom is 0.250 e. The van der Waals surface area contributed by atoms with Gasteiger partial charge < -0.3 is 10.1 Å². The largest absolute Gasteiger partial charge is 0.375 e. The number of hydrogen-bond donors (Lipinski definition) is 1. The average molecular weight is 359 g/mol. The lowest BCUT2D eigenvalue weighted by Gasteiger charge is -2.06. The van der Waals surface area contributed by atoms with Crippen LogP contribution in [0.15, 0.2) is 53.9 Å². The van der Waals surface area contributed by atoms with Crippen LogP contribution in [0.5, 0.6) is 0 Å². The van der Waals surface area contributed by atoms with Gasteiger partial charge in [-0.05, 0) is 18.2 Å². The highest BCUT2D eigenvalue weighted by Gasteiger charge is 2.10. The molecule has 122 valence electrons. The van der Waals surface area contributed by atoms with Gasteiger partial charge in [-0.1, -0.05) is 41.9 Å². The minimum atomic E-state index is -0.190. The van der Waals surface area contributed by atoms with Crippen LogP contribution in [-0.4, -0.2) is 24.6 Å². The summed E-state index contributed by atoms with van der Waals surface area (Å²) >= 11 is 7.77. The van der Waals surface area contributed by atoms with E-state index in [-0.39, 0.29) is 12.5 Å². The van der Waals surface area contributed by atoms with Crippen LogP contribution in [0.1, 0.15) is 0 Å². The number of nitrogens with one attached hydrogen (secondary N) is 1. The van der Waals surface area contributed by atoms with Crippen molar-refractivity contribution in [2.24, 2.45) is 0 Å². The summed E-state index contributed by atoms with van der Waals surface area (Å²) in [6.07, 6.45) is 0. The molecule has 0 saturated heterocycles. The molecule has 24 heavy (non-hydrogen) atoms. The number of carbonyl (C=O) groups excluding carboxylic acids is 1. The van der Waals surface area contributed by atoms with Gasteiger partial charge in [0.15, 0.2) is 0 Å². The number of aromatic nitrogens is 1. The molecule has 3 rings (SSSR count). The molecule has 0 aliphatic heterocycles. The van der Waals surface area contributed by atoms with Gasteiger partial charge in [0.25, 0.3) is 0 Å². The first-order valence-electron chi connectivity index (χ1n) is 7.27. The van der Waals surface area contributed by atoms with Crippen molar-refractivity contribution in [1.82, 2.24) is 4.98 Å². The highest BCUT2D eigenvalue weighted by molar-refractivity contribution is 7.13. The normalized spacial score (nSPS) is 10.6. The van der Waals surface area contributed by atoms with Crippen molar-refractivity contribution in [2.75, 3.05) is 19.0 Å². The molecule has 3 aromatic rings. The summed E-state index contributed by atoms with van der Waals surface area (Å²) in [7, 11) is 1.49. The molecule has 2 aromatic carbocycles. The molecule has 0 aliphatic rings. The molecule has 0 bridgehead atoms. The molecule has 1 N–H and O–H groups in total. The lowest BCUT2D eigenvalue weighted by molar-refractivity contribution is -0.119. The summed E-state index contributed by atoms with van der Waals surface area (Å²) in [5.74, 6) is -0.190. The predicted octanol–water partition coefficient (Wildman–Crippen LogP) is 4.72. The Morgan fingerprint density at radius 2 is 2.08 bits per heavy atom. The van der Waals surface area contributed by atoms with Crippen molar-refractivity contribution in [1.29, 1.82) is 0 Å². The Labute approximate surface area is 149 Å². The second-order valence-electron chi connectivity index (χ2n) is 5.08. The molecule has 0 spiro atoms. The SMILES string of the molecule is COCC(=O)Nc1cccc(-c2csc(-c3ccccc3Cl)n2)c1. The molecule has 1 amide bonds. The molecular formula is C18H15ClN2O2S. The second kappa shape index (κ2) is 7.57. The van der Waals surface area contributed by atoms with E-state index in [0.29, 0.717) is 10.7 Å². The monoisotopic (exact) mass is 358 g/mol. The summed E-state index contributed by atoms with van der Waals surface area (Å²) in [6.45, 7) is 0.0254. The zero-order chi connectivity index (χ0) is 16.9. The first-order chi connectivity index (χ1) is 11.7. The highest BCUT2D eigenvalue weighted by atomic mass is 35.5. The zero-order valence-corrected chi connectivity index (χ0v) is 14.5. The van der Waals surface area contributed by atoms with E-state index in [0.717, 1.165) is 21.8 Å². The fourth-order valence-electron chi connectivity index (χ4n) is 2.25. The summed E-state index contributed by atoms with van der Waals surface area (Å²) in [4.78, 5) is 16.3. The van der Waals surface area contributed by atoms with Gasteiger partial charge >= 0.3 is 0 Å². The van der Waals surface area contributed by atoms with Gasteiger partial charge in [-0.2, -0.15) is 0 Å². The van der Waals surface area contributed by atoms with E-state index in [9.17, 15) is 4.79 Å². The summed E-state index contributed by atoms with van der Waals surface area (Å²) in [5, 5.41) is 6.32. The number of nitrogens with zero attached hydrogens (tertiary/aromatic N) is 1. The Morgan fingerprint density at radius 3 is 2.88 bits per heavy atom. The quantitative estimate of drug-likeness (QED) is 0.718. The Balaban J connectivity index is 1.85. The van der Waals surface area contributed by atoms with E-state index in [4.69, 9.17) is 16.3 Å². The topological polar surface area (TPSA) is 51.2 Å². The predicted molar refractivity (Wildman–Crippen MR) is 98.5 cm³/mol. The lowest BCUT2D eigenvalue weighted by atomic mass is 10.1. The third-order valence-electron chi connectivity index (χ3n) is 3.33.